The maximum absolute atomic E-state index is 11.4. The SMILES string of the molecule is CCCc1nc(S(N)(=O)=O)cn1Cc1ccc(Br)cc1Cl. The lowest BCUT2D eigenvalue weighted by Crippen LogP contribution is -2.12. The molecule has 0 saturated carbocycles. The number of aromatic nitrogens is 2. The maximum Gasteiger partial charge on any atom is 0.257 e. The molecule has 0 fully saturated rings. The van der Waals surface area contributed by atoms with Crippen LogP contribution in [0.15, 0.2) is 33.9 Å². The zero-order valence-corrected chi connectivity index (χ0v) is 14.5. The number of halogens is 2. The smallest absolute Gasteiger partial charge is 0.257 e. The standard InChI is InChI=1S/C13H15BrClN3O2S/c1-2-3-12-17-13(21(16,19)20)8-18(12)7-9-4-5-10(14)6-11(9)15/h4-6,8H,2-3,7H2,1H3,(H2,16,19,20). The maximum atomic E-state index is 11.4. The summed E-state index contributed by atoms with van der Waals surface area (Å²) in [6, 6.07) is 5.57. The first kappa shape index (κ1) is 16.5. The van der Waals surface area contributed by atoms with Crippen LogP contribution in [0.3, 0.4) is 0 Å². The molecule has 0 aliphatic carbocycles. The van der Waals surface area contributed by atoms with Crippen molar-refractivity contribution in [1.29, 1.82) is 0 Å². The van der Waals surface area contributed by atoms with E-state index in [4.69, 9.17) is 16.7 Å². The van der Waals surface area contributed by atoms with Crippen LogP contribution in [0.1, 0.15) is 24.7 Å². The summed E-state index contributed by atoms with van der Waals surface area (Å²) in [5.41, 5.74) is 0.885. The second-order valence-corrected chi connectivity index (χ2v) is 7.49. The van der Waals surface area contributed by atoms with Crippen molar-refractivity contribution >= 4 is 37.6 Å². The molecule has 114 valence electrons. The molecule has 2 rings (SSSR count). The number of rotatable bonds is 5. The van der Waals surface area contributed by atoms with Crippen molar-refractivity contribution < 1.29 is 8.42 Å². The summed E-state index contributed by atoms with van der Waals surface area (Å²) >= 11 is 9.55. The second-order valence-electron chi connectivity index (χ2n) is 4.65. The van der Waals surface area contributed by atoms with E-state index in [1.54, 1.807) is 10.6 Å². The van der Waals surface area contributed by atoms with Gasteiger partial charge in [0.2, 0.25) is 0 Å². The van der Waals surface area contributed by atoms with Gasteiger partial charge in [-0.15, -0.1) is 0 Å². The zero-order chi connectivity index (χ0) is 15.6. The van der Waals surface area contributed by atoms with Gasteiger partial charge in [-0.3, -0.25) is 0 Å². The number of benzene rings is 1. The predicted molar refractivity (Wildman–Crippen MR) is 85.8 cm³/mol. The lowest BCUT2D eigenvalue weighted by Gasteiger charge is -2.09. The van der Waals surface area contributed by atoms with Crippen LogP contribution in [-0.2, 0) is 23.0 Å². The summed E-state index contributed by atoms with van der Waals surface area (Å²) in [5.74, 6) is 0.681. The number of aryl methyl sites for hydroxylation is 1. The van der Waals surface area contributed by atoms with E-state index in [1.807, 2.05) is 19.1 Å². The van der Waals surface area contributed by atoms with E-state index in [0.717, 1.165) is 16.5 Å². The first-order chi connectivity index (χ1) is 9.81. The van der Waals surface area contributed by atoms with E-state index in [0.29, 0.717) is 23.8 Å². The van der Waals surface area contributed by atoms with E-state index in [1.165, 1.54) is 6.20 Å². The minimum atomic E-state index is -3.80. The minimum absolute atomic E-state index is 0.112. The molecule has 0 amide bonds. The molecule has 1 aromatic heterocycles. The molecule has 0 bridgehead atoms. The number of imidazole rings is 1. The van der Waals surface area contributed by atoms with Gasteiger partial charge in [0.1, 0.15) is 5.82 Å². The van der Waals surface area contributed by atoms with Crippen LogP contribution in [0, 0.1) is 0 Å². The summed E-state index contributed by atoms with van der Waals surface area (Å²) in [6.07, 6.45) is 2.98. The summed E-state index contributed by atoms with van der Waals surface area (Å²) in [6.45, 7) is 2.45. The molecule has 0 aliphatic heterocycles. The number of primary sulfonamides is 1. The number of hydrogen-bond acceptors (Lipinski definition) is 3. The van der Waals surface area contributed by atoms with Gasteiger partial charge in [-0.25, -0.2) is 18.5 Å². The lowest BCUT2D eigenvalue weighted by molar-refractivity contribution is 0.594. The molecular weight excluding hydrogens is 378 g/mol. The number of nitrogens with zero attached hydrogens (tertiary/aromatic N) is 2. The molecule has 0 unspecified atom stereocenters. The van der Waals surface area contributed by atoms with E-state index in [-0.39, 0.29) is 5.03 Å². The Labute approximate surface area is 137 Å². The summed E-state index contributed by atoms with van der Waals surface area (Å²) < 4.78 is 25.5. The van der Waals surface area contributed by atoms with Crippen molar-refractivity contribution in [2.75, 3.05) is 0 Å². The average molecular weight is 393 g/mol. The summed E-state index contributed by atoms with van der Waals surface area (Å²) in [7, 11) is -3.80. The van der Waals surface area contributed by atoms with Crippen molar-refractivity contribution in [3.63, 3.8) is 0 Å². The Balaban J connectivity index is 2.40. The number of sulfonamides is 1. The Bertz CT molecular complexity index is 759. The molecule has 0 radical (unpaired) electrons. The third-order valence-corrected chi connectivity index (χ3v) is 4.58. The molecule has 1 heterocycles. The molecule has 0 saturated heterocycles. The van der Waals surface area contributed by atoms with Gasteiger partial charge >= 0.3 is 0 Å². The van der Waals surface area contributed by atoms with Gasteiger partial charge in [-0.2, -0.15) is 0 Å². The van der Waals surface area contributed by atoms with E-state index >= 15 is 0 Å². The fourth-order valence-corrected chi connectivity index (χ4v) is 3.20. The molecule has 0 atom stereocenters. The fourth-order valence-electron chi connectivity index (χ4n) is 1.96. The minimum Gasteiger partial charge on any atom is -0.329 e. The van der Waals surface area contributed by atoms with Crippen LogP contribution in [0.2, 0.25) is 5.02 Å². The van der Waals surface area contributed by atoms with Crippen molar-refractivity contribution in [3.05, 3.63) is 45.3 Å². The van der Waals surface area contributed by atoms with Crippen LogP contribution in [0.5, 0.6) is 0 Å². The highest BCUT2D eigenvalue weighted by Gasteiger charge is 2.16. The molecule has 21 heavy (non-hydrogen) atoms. The van der Waals surface area contributed by atoms with Gasteiger partial charge in [-0.1, -0.05) is 40.5 Å². The third-order valence-electron chi connectivity index (χ3n) is 2.96. The van der Waals surface area contributed by atoms with Gasteiger partial charge in [0.25, 0.3) is 10.0 Å². The molecule has 2 aromatic rings. The second kappa shape index (κ2) is 6.48. The van der Waals surface area contributed by atoms with Crippen molar-refractivity contribution in [3.8, 4) is 0 Å². The van der Waals surface area contributed by atoms with Crippen molar-refractivity contribution in [2.24, 2.45) is 5.14 Å². The normalized spacial score (nSPS) is 11.8. The Morgan fingerprint density at radius 1 is 1.43 bits per heavy atom. The average Bonchev–Trinajstić information content (AvgIpc) is 2.76. The Morgan fingerprint density at radius 3 is 2.71 bits per heavy atom. The third kappa shape index (κ3) is 4.06. The monoisotopic (exact) mass is 391 g/mol. The summed E-state index contributed by atoms with van der Waals surface area (Å²) in [4.78, 5) is 4.11. The first-order valence-corrected chi connectivity index (χ1v) is 9.05. The number of nitrogens with two attached hydrogens (primary N) is 1. The highest BCUT2D eigenvalue weighted by Crippen LogP contribution is 2.23. The first-order valence-electron chi connectivity index (χ1n) is 6.34. The quantitative estimate of drug-likeness (QED) is 0.849. The van der Waals surface area contributed by atoms with E-state index in [9.17, 15) is 8.42 Å². The lowest BCUT2D eigenvalue weighted by atomic mass is 10.2. The van der Waals surface area contributed by atoms with Crippen molar-refractivity contribution in [1.82, 2.24) is 9.55 Å². The van der Waals surface area contributed by atoms with Crippen LogP contribution >= 0.6 is 27.5 Å². The van der Waals surface area contributed by atoms with Crippen molar-refractivity contribution in [2.45, 2.75) is 31.3 Å². The van der Waals surface area contributed by atoms with Gasteiger partial charge < -0.3 is 4.57 Å². The van der Waals surface area contributed by atoms with Crippen LogP contribution in [0.25, 0.3) is 0 Å². The molecule has 1 aromatic carbocycles. The van der Waals surface area contributed by atoms with Crippen LogP contribution in [0.4, 0.5) is 0 Å². The number of hydrogen-bond donors (Lipinski definition) is 1. The van der Waals surface area contributed by atoms with Gasteiger partial charge in [0.15, 0.2) is 5.03 Å². The van der Waals surface area contributed by atoms with Crippen LogP contribution in [-0.4, -0.2) is 18.0 Å². The topological polar surface area (TPSA) is 78.0 Å². The molecular formula is C13H15BrClN3O2S. The fraction of sp³-hybridized carbons (Fsp3) is 0.308. The Morgan fingerprint density at radius 2 is 2.14 bits per heavy atom. The Hall–Kier alpha value is -0.890. The van der Waals surface area contributed by atoms with Crippen LogP contribution < -0.4 is 5.14 Å². The molecule has 0 spiro atoms. The van der Waals surface area contributed by atoms with Gasteiger partial charge in [0.05, 0.1) is 6.54 Å². The highest BCUT2D eigenvalue weighted by molar-refractivity contribution is 9.10. The van der Waals surface area contributed by atoms with E-state index < -0.39 is 10.0 Å². The summed E-state index contributed by atoms with van der Waals surface area (Å²) in [5, 5.41) is 5.64. The molecule has 0 aliphatic rings. The Kier molecular flexibility index (Phi) is 5.08. The largest absolute Gasteiger partial charge is 0.329 e. The molecule has 5 nitrogen and oxygen atoms in total. The zero-order valence-electron chi connectivity index (χ0n) is 11.4. The molecule has 8 heteroatoms. The molecule has 2 N–H and O–H groups in total. The highest BCUT2D eigenvalue weighted by atomic mass is 79.9. The van der Waals surface area contributed by atoms with E-state index in [2.05, 4.69) is 20.9 Å². The predicted octanol–water partition coefficient (Wildman–Crippen LogP) is 2.95. The van der Waals surface area contributed by atoms with Gasteiger partial charge in [0, 0.05) is 22.1 Å². The van der Waals surface area contributed by atoms with Gasteiger partial charge in [-0.05, 0) is 24.1 Å².